The topological polar surface area (TPSA) is 134 Å². The van der Waals surface area contributed by atoms with Crippen molar-refractivity contribution in [1.29, 1.82) is 0 Å². The highest BCUT2D eigenvalue weighted by atomic mass is 32.2. The molecule has 1 saturated carbocycles. The Hall–Kier alpha value is -3.37. The maximum absolute atomic E-state index is 13.7. The van der Waals surface area contributed by atoms with Gasteiger partial charge in [-0.25, -0.2) is 22.5 Å². The van der Waals surface area contributed by atoms with Crippen LogP contribution in [0.3, 0.4) is 0 Å². The van der Waals surface area contributed by atoms with Crippen molar-refractivity contribution in [2.24, 2.45) is 16.5 Å². The molecule has 1 fully saturated rings. The summed E-state index contributed by atoms with van der Waals surface area (Å²) in [5, 5.41) is 2.01. The van der Waals surface area contributed by atoms with Gasteiger partial charge in [-0.1, -0.05) is 42.5 Å². The highest BCUT2D eigenvalue weighted by Crippen LogP contribution is 2.37. The summed E-state index contributed by atoms with van der Waals surface area (Å²) in [6, 6.07) is 12.7. The van der Waals surface area contributed by atoms with Gasteiger partial charge in [0.1, 0.15) is 5.25 Å². The lowest BCUT2D eigenvalue weighted by atomic mass is 10.0. The zero-order valence-corrected chi connectivity index (χ0v) is 20.2. The number of anilines is 1. The SMILES string of the molecule is C=CC(c1ccc2c(c1)CCN2C(=O)NC1CC1)S(=O)(=O)N1CC(c2ccccc2CN)N=C1N. The van der Waals surface area contributed by atoms with E-state index in [1.54, 1.807) is 11.0 Å². The number of nitrogens with one attached hydrogen (secondary N) is 1. The molecule has 0 radical (unpaired) electrons. The first-order valence-electron chi connectivity index (χ1n) is 11.8. The molecular weight excluding hydrogens is 464 g/mol. The van der Waals surface area contributed by atoms with Crippen LogP contribution >= 0.6 is 0 Å². The van der Waals surface area contributed by atoms with E-state index >= 15 is 0 Å². The Morgan fingerprint density at radius 1 is 1.26 bits per heavy atom. The van der Waals surface area contributed by atoms with Crippen LogP contribution in [0.2, 0.25) is 0 Å². The fourth-order valence-electron chi connectivity index (χ4n) is 4.82. The molecule has 1 aliphatic carbocycles. The van der Waals surface area contributed by atoms with Crippen molar-refractivity contribution in [2.75, 3.05) is 18.0 Å². The van der Waals surface area contributed by atoms with Gasteiger partial charge in [0, 0.05) is 24.8 Å². The normalized spacial score (nSPS) is 20.4. The van der Waals surface area contributed by atoms with E-state index in [9.17, 15) is 13.2 Å². The number of fused-ring (bicyclic) bond motifs is 1. The quantitative estimate of drug-likeness (QED) is 0.508. The number of nitrogens with two attached hydrogens (primary N) is 2. The van der Waals surface area contributed by atoms with Crippen molar-refractivity contribution in [3.05, 3.63) is 77.4 Å². The number of urea groups is 1. The molecule has 0 saturated heterocycles. The van der Waals surface area contributed by atoms with E-state index in [1.807, 2.05) is 36.4 Å². The van der Waals surface area contributed by atoms with Gasteiger partial charge in [-0.3, -0.25) is 4.90 Å². The Balaban J connectivity index is 1.38. The summed E-state index contributed by atoms with van der Waals surface area (Å²) < 4.78 is 28.6. The molecule has 2 amide bonds. The predicted octanol–water partition coefficient (Wildman–Crippen LogP) is 2.31. The van der Waals surface area contributed by atoms with Crippen LogP contribution in [0.4, 0.5) is 10.5 Å². The summed E-state index contributed by atoms with van der Waals surface area (Å²) in [4.78, 5) is 18.7. The minimum Gasteiger partial charge on any atom is -0.369 e. The number of carbonyl (C=O) groups excluding carboxylic acids is 1. The Morgan fingerprint density at radius 2 is 2.03 bits per heavy atom. The van der Waals surface area contributed by atoms with Gasteiger partial charge in [0.05, 0.1) is 12.6 Å². The molecule has 3 aliphatic rings. The zero-order chi connectivity index (χ0) is 24.7. The standard InChI is InChI=1S/C25H30N6O3S/c1-2-23(17-7-10-22-16(13-17)11-12-30(22)25(32)28-19-8-9-19)35(33,34)31-15-21(29-24(31)27)20-6-4-3-5-18(20)14-26/h2-7,10,13,19,21,23H,1,8-9,11-12,14-15,26H2,(H2,27,29)(H,28,32). The molecule has 5 rings (SSSR count). The first kappa shape index (κ1) is 23.4. The molecule has 0 bridgehead atoms. The van der Waals surface area contributed by atoms with Gasteiger partial charge in [-0.05, 0) is 47.6 Å². The van der Waals surface area contributed by atoms with Crippen LogP contribution in [0.15, 0.2) is 60.1 Å². The molecule has 35 heavy (non-hydrogen) atoms. The van der Waals surface area contributed by atoms with Gasteiger partial charge in [0.2, 0.25) is 16.0 Å². The summed E-state index contributed by atoms with van der Waals surface area (Å²) in [6.45, 7) is 4.80. The second kappa shape index (κ2) is 9.01. The van der Waals surface area contributed by atoms with Gasteiger partial charge in [0.15, 0.2) is 0 Å². The van der Waals surface area contributed by atoms with Gasteiger partial charge in [-0.2, -0.15) is 0 Å². The van der Waals surface area contributed by atoms with Gasteiger partial charge in [-0.15, -0.1) is 6.58 Å². The van der Waals surface area contributed by atoms with Crippen molar-refractivity contribution in [2.45, 2.75) is 43.1 Å². The zero-order valence-electron chi connectivity index (χ0n) is 19.4. The third-order valence-electron chi connectivity index (χ3n) is 6.84. The highest BCUT2D eigenvalue weighted by molar-refractivity contribution is 7.90. The van der Waals surface area contributed by atoms with Crippen LogP contribution in [0.1, 0.15) is 46.4 Å². The van der Waals surface area contributed by atoms with Crippen molar-refractivity contribution < 1.29 is 13.2 Å². The largest absolute Gasteiger partial charge is 0.369 e. The number of nitrogens with zero attached hydrogens (tertiary/aromatic N) is 3. The average Bonchev–Trinajstić information content (AvgIpc) is 3.41. The first-order valence-corrected chi connectivity index (χ1v) is 13.3. The van der Waals surface area contributed by atoms with Crippen LogP contribution in [-0.2, 0) is 23.0 Å². The fourth-order valence-corrected chi connectivity index (χ4v) is 6.48. The molecule has 9 nitrogen and oxygen atoms in total. The molecular formula is C25H30N6O3S. The number of amides is 2. The summed E-state index contributed by atoms with van der Waals surface area (Å²) in [7, 11) is -3.93. The molecule has 184 valence electrons. The van der Waals surface area contributed by atoms with E-state index < -0.39 is 21.3 Å². The van der Waals surface area contributed by atoms with E-state index in [-0.39, 0.29) is 24.6 Å². The second-order valence-corrected chi connectivity index (χ2v) is 11.1. The van der Waals surface area contributed by atoms with E-state index in [1.165, 1.54) is 10.4 Å². The highest BCUT2D eigenvalue weighted by Gasteiger charge is 2.39. The number of hydrogen-bond acceptors (Lipinski definition) is 6. The average molecular weight is 495 g/mol. The molecule has 10 heteroatoms. The van der Waals surface area contributed by atoms with Crippen molar-refractivity contribution in [3.63, 3.8) is 0 Å². The fraction of sp³-hybridized carbons (Fsp3) is 0.360. The third kappa shape index (κ3) is 4.28. The van der Waals surface area contributed by atoms with E-state index in [2.05, 4.69) is 16.9 Å². The number of sulfonamides is 1. The minimum absolute atomic E-state index is 0.0437. The molecule has 2 aromatic rings. The maximum Gasteiger partial charge on any atom is 0.322 e. The summed E-state index contributed by atoms with van der Waals surface area (Å²) in [5.41, 5.74) is 16.1. The second-order valence-electron chi connectivity index (χ2n) is 9.15. The third-order valence-corrected chi connectivity index (χ3v) is 8.89. The minimum atomic E-state index is -3.93. The molecule has 5 N–H and O–H groups in total. The lowest BCUT2D eigenvalue weighted by Crippen LogP contribution is -2.41. The van der Waals surface area contributed by atoms with E-state index in [4.69, 9.17) is 11.5 Å². The van der Waals surface area contributed by atoms with Crippen molar-refractivity contribution in [3.8, 4) is 0 Å². The van der Waals surface area contributed by atoms with Crippen LogP contribution in [0.5, 0.6) is 0 Å². The Morgan fingerprint density at radius 3 is 2.74 bits per heavy atom. The monoisotopic (exact) mass is 494 g/mol. The first-order chi connectivity index (χ1) is 16.8. The maximum atomic E-state index is 13.7. The lowest BCUT2D eigenvalue weighted by Gasteiger charge is -2.25. The van der Waals surface area contributed by atoms with E-state index in [0.717, 1.165) is 35.2 Å². The van der Waals surface area contributed by atoms with Crippen LogP contribution in [0, 0.1) is 0 Å². The number of carbonyl (C=O) groups is 1. The van der Waals surface area contributed by atoms with Crippen molar-refractivity contribution >= 4 is 27.7 Å². The Kier molecular flexibility index (Phi) is 6.02. The molecule has 2 heterocycles. The van der Waals surface area contributed by atoms with Gasteiger partial charge >= 0.3 is 6.03 Å². The van der Waals surface area contributed by atoms with Crippen LogP contribution in [-0.4, -0.2) is 43.8 Å². The molecule has 0 aromatic heterocycles. The molecule has 2 aromatic carbocycles. The number of guanidine groups is 1. The smallest absolute Gasteiger partial charge is 0.322 e. The predicted molar refractivity (Wildman–Crippen MR) is 136 cm³/mol. The molecule has 0 spiro atoms. The Labute approximate surface area is 205 Å². The Bertz CT molecular complexity index is 1300. The van der Waals surface area contributed by atoms with Crippen molar-refractivity contribution in [1.82, 2.24) is 9.62 Å². The lowest BCUT2D eigenvalue weighted by molar-refractivity contribution is 0.246. The summed E-state index contributed by atoms with van der Waals surface area (Å²) in [6.07, 6.45) is 4.12. The number of aliphatic imine (C=N–C) groups is 1. The van der Waals surface area contributed by atoms with Gasteiger partial charge < -0.3 is 16.8 Å². The van der Waals surface area contributed by atoms with Gasteiger partial charge in [0.25, 0.3) is 0 Å². The summed E-state index contributed by atoms with van der Waals surface area (Å²) in [5.74, 6) is -0.0437. The molecule has 2 unspecified atom stereocenters. The number of hydrogen-bond donors (Lipinski definition) is 3. The number of rotatable bonds is 7. The molecule has 2 atom stereocenters. The molecule has 2 aliphatic heterocycles. The van der Waals surface area contributed by atoms with Crippen LogP contribution < -0.4 is 21.7 Å². The summed E-state index contributed by atoms with van der Waals surface area (Å²) >= 11 is 0. The van der Waals surface area contributed by atoms with Crippen LogP contribution in [0.25, 0.3) is 0 Å². The number of benzene rings is 2. The van der Waals surface area contributed by atoms with E-state index in [0.29, 0.717) is 25.1 Å².